The summed E-state index contributed by atoms with van der Waals surface area (Å²) < 4.78 is 0. The number of nitrogens with one attached hydrogen (secondary N) is 1. The second-order valence-electron chi connectivity index (χ2n) is 8.91. The topological polar surface area (TPSA) is 66.5 Å². The lowest BCUT2D eigenvalue weighted by Gasteiger charge is -2.26. The van der Waals surface area contributed by atoms with E-state index in [0.29, 0.717) is 22.3 Å². The molecule has 1 fully saturated rings. The maximum Gasteiger partial charge on any atom is 0.253 e. The summed E-state index contributed by atoms with van der Waals surface area (Å²) in [4.78, 5) is 40.9. The molecule has 1 aliphatic rings. The molecule has 1 aliphatic heterocycles. The first-order chi connectivity index (χ1) is 16.4. The second-order valence-corrected chi connectivity index (χ2v) is 8.91. The maximum absolute atomic E-state index is 13.2. The van der Waals surface area contributed by atoms with Crippen molar-refractivity contribution in [2.45, 2.75) is 39.7 Å². The lowest BCUT2D eigenvalue weighted by molar-refractivity contribution is 0.0724. The average Bonchev–Trinajstić information content (AvgIpc) is 2.88. The van der Waals surface area contributed by atoms with Gasteiger partial charge >= 0.3 is 0 Å². The molecule has 1 heterocycles. The van der Waals surface area contributed by atoms with Gasteiger partial charge in [-0.15, -0.1) is 0 Å². The number of ketones is 1. The number of amides is 2. The summed E-state index contributed by atoms with van der Waals surface area (Å²) in [5.74, 6) is -0.458. The third-order valence-electron chi connectivity index (χ3n) is 6.46. The van der Waals surface area contributed by atoms with Gasteiger partial charge in [0.05, 0.1) is 5.56 Å². The number of aryl methyl sites for hydroxylation is 2. The normalized spacial score (nSPS) is 13.4. The minimum Gasteiger partial charge on any atom is -0.348 e. The predicted octanol–water partition coefficient (Wildman–Crippen LogP) is 5.09. The summed E-state index contributed by atoms with van der Waals surface area (Å²) >= 11 is 0. The number of carbonyl (C=O) groups is 3. The summed E-state index contributed by atoms with van der Waals surface area (Å²) in [6.07, 6.45) is 3.26. The van der Waals surface area contributed by atoms with E-state index in [0.717, 1.165) is 42.6 Å². The lowest BCUT2D eigenvalue weighted by Crippen LogP contribution is -2.35. The number of benzene rings is 3. The summed E-state index contributed by atoms with van der Waals surface area (Å²) in [5, 5.41) is 2.91. The Hall–Kier alpha value is -3.73. The molecule has 5 nitrogen and oxygen atoms in total. The molecule has 5 heteroatoms. The van der Waals surface area contributed by atoms with Gasteiger partial charge in [0.2, 0.25) is 0 Å². The van der Waals surface area contributed by atoms with E-state index in [1.165, 1.54) is 6.42 Å². The van der Waals surface area contributed by atoms with Crippen LogP contribution < -0.4 is 5.32 Å². The third kappa shape index (κ3) is 5.25. The number of likely N-dealkylation sites (tertiary alicyclic amines) is 1. The molecule has 0 aromatic heterocycles. The highest BCUT2D eigenvalue weighted by Gasteiger charge is 2.20. The Morgan fingerprint density at radius 3 is 2.24 bits per heavy atom. The zero-order chi connectivity index (χ0) is 24.1. The smallest absolute Gasteiger partial charge is 0.253 e. The van der Waals surface area contributed by atoms with Crippen LogP contribution in [0.3, 0.4) is 0 Å². The SMILES string of the molecule is Cc1ccc(C(=O)c2ccccc2C(=O)NCc2cccc(C(=O)N3CCCCC3)c2)cc1C. The first-order valence-corrected chi connectivity index (χ1v) is 11.8. The van der Waals surface area contributed by atoms with Gasteiger partial charge in [0.15, 0.2) is 5.78 Å². The zero-order valence-corrected chi connectivity index (χ0v) is 19.8. The van der Waals surface area contributed by atoms with E-state index in [-0.39, 0.29) is 24.1 Å². The summed E-state index contributed by atoms with van der Waals surface area (Å²) in [5.41, 5.74) is 4.90. The third-order valence-corrected chi connectivity index (χ3v) is 6.46. The fraction of sp³-hybridized carbons (Fsp3) is 0.276. The fourth-order valence-electron chi connectivity index (χ4n) is 4.29. The van der Waals surface area contributed by atoms with Gasteiger partial charge in [0, 0.05) is 36.3 Å². The van der Waals surface area contributed by atoms with Crippen molar-refractivity contribution in [1.82, 2.24) is 10.2 Å². The maximum atomic E-state index is 13.2. The van der Waals surface area contributed by atoms with Crippen LogP contribution in [0.1, 0.15) is 72.6 Å². The number of piperidine rings is 1. The van der Waals surface area contributed by atoms with Crippen LogP contribution in [0.2, 0.25) is 0 Å². The van der Waals surface area contributed by atoms with Crippen molar-refractivity contribution in [3.8, 4) is 0 Å². The van der Waals surface area contributed by atoms with Crippen LogP contribution in [0.25, 0.3) is 0 Å². The first kappa shape index (κ1) is 23.4. The summed E-state index contributed by atoms with van der Waals surface area (Å²) in [6, 6.07) is 19.8. The number of carbonyl (C=O) groups excluding carboxylic acids is 3. The molecule has 2 amide bonds. The Morgan fingerprint density at radius 2 is 1.50 bits per heavy atom. The van der Waals surface area contributed by atoms with E-state index >= 15 is 0 Å². The Kier molecular flexibility index (Phi) is 7.21. The molecule has 4 rings (SSSR count). The highest BCUT2D eigenvalue weighted by molar-refractivity contribution is 6.15. The van der Waals surface area contributed by atoms with Crippen molar-refractivity contribution in [3.63, 3.8) is 0 Å². The average molecular weight is 455 g/mol. The van der Waals surface area contributed by atoms with Gasteiger partial charge in [-0.1, -0.05) is 42.5 Å². The van der Waals surface area contributed by atoms with Crippen LogP contribution >= 0.6 is 0 Å². The van der Waals surface area contributed by atoms with Gasteiger partial charge in [0.25, 0.3) is 11.8 Å². The summed E-state index contributed by atoms with van der Waals surface area (Å²) in [7, 11) is 0. The number of hydrogen-bond donors (Lipinski definition) is 1. The van der Waals surface area contributed by atoms with Gasteiger partial charge in [-0.05, 0) is 74.1 Å². The Balaban J connectivity index is 1.47. The Bertz CT molecular complexity index is 1230. The van der Waals surface area contributed by atoms with Crippen molar-refractivity contribution < 1.29 is 14.4 Å². The molecule has 0 aliphatic carbocycles. The van der Waals surface area contributed by atoms with Crippen molar-refractivity contribution in [2.24, 2.45) is 0 Å². The standard InChI is InChI=1S/C29H30N2O3/c1-20-13-14-23(17-21(20)2)27(32)25-11-4-5-12-26(25)28(33)30-19-22-9-8-10-24(18-22)29(34)31-15-6-3-7-16-31/h4-5,8-14,17-18H,3,6-7,15-16,19H2,1-2H3,(H,30,33). The van der Waals surface area contributed by atoms with Crippen LogP contribution in [0, 0.1) is 13.8 Å². The second kappa shape index (κ2) is 10.5. The highest BCUT2D eigenvalue weighted by Crippen LogP contribution is 2.18. The molecule has 1 N–H and O–H groups in total. The van der Waals surface area contributed by atoms with E-state index in [2.05, 4.69) is 5.32 Å². The van der Waals surface area contributed by atoms with E-state index in [1.807, 2.05) is 55.1 Å². The molecule has 0 radical (unpaired) electrons. The molecular weight excluding hydrogens is 424 g/mol. The number of rotatable bonds is 6. The van der Waals surface area contributed by atoms with Gasteiger partial charge in [0.1, 0.15) is 0 Å². The quantitative estimate of drug-likeness (QED) is 0.528. The van der Waals surface area contributed by atoms with Crippen molar-refractivity contribution in [3.05, 3.63) is 106 Å². The molecule has 1 saturated heterocycles. The molecule has 0 spiro atoms. The lowest BCUT2D eigenvalue weighted by atomic mass is 9.95. The van der Waals surface area contributed by atoms with E-state index in [4.69, 9.17) is 0 Å². The molecule has 174 valence electrons. The van der Waals surface area contributed by atoms with Crippen LogP contribution in [0.5, 0.6) is 0 Å². The fourth-order valence-corrected chi connectivity index (χ4v) is 4.29. The van der Waals surface area contributed by atoms with E-state index < -0.39 is 0 Å². The van der Waals surface area contributed by atoms with Crippen LogP contribution in [0.15, 0.2) is 66.7 Å². The van der Waals surface area contributed by atoms with Gasteiger partial charge in [-0.3, -0.25) is 14.4 Å². The molecule has 0 saturated carbocycles. The van der Waals surface area contributed by atoms with Gasteiger partial charge < -0.3 is 10.2 Å². The Labute approximate surface area is 200 Å². The molecule has 0 unspecified atom stereocenters. The highest BCUT2D eigenvalue weighted by atomic mass is 16.2. The largest absolute Gasteiger partial charge is 0.348 e. The van der Waals surface area contributed by atoms with Crippen molar-refractivity contribution in [2.75, 3.05) is 13.1 Å². The molecule has 3 aromatic carbocycles. The number of nitrogens with zero attached hydrogens (tertiary/aromatic N) is 1. The van der Waals surface area contributed by atoms with E-state index in [9.17, 15) is 14.4 Å². The molecule has 0 atom stereocenters. The van der Waals surface area contributed by atoms with Gasteiger partial charge in [-0.2, -0.15) is 0 Å². The molecule has 0 bridgehead atoms. The van der Waals surface area contributed by atoms with E-state index in [1.54, 1.807) is 30.3 Å². The molecule has 34 heavy (non-hydrogen) atoms. The van der Waals surface area contributed by atoms with Crippen molar-refractivity contribution in [1.29, 1.82) is 0 Å². The minimum atomic E-state index is -0.319. The van der Waals surface area contributed by atoms with Crippen LogP contribution in [-0.4, -0.2) is 35.6 Å². The van der Waals surface area contributed by atoms with Crippen LogP contribution in [0.4, 0.5) is 0 Å². The van der Waals surface area contributed by atoms with Crippen LogP contribution in [-0.2, 0) is 6.54 Å². The first-order valence-electron chi connectivity index (χ1n) is 11.8. The molecule has 3 aromatic rings. The zero-order valence-electron chi connectivity index (χ0n) is 19.8. The monoisotopic (exact) mass is 454 g/mol. The molecular formula is C29H30N2O3. The Morgan fingerprint density at radius 1 is 0.765 bits per heavy atom. The van der Waals surface area contributed by atoms with Crippen molar-refractivity contribution >= 4 is 17.6 Å². The minimum absolute atomic E-state index is 0.0391. The van der Waals surface area contributed by atoms with Gasteiger partial charge in [-0.25, -0.2) is 0 Å². The summed E-state index contributed by atoms with van der Waals surface area (Å²) in [6.45, 7) is 5.83. The predicted molar refractivity (Wildman–Crippen MR) is 133 cm³/mol. The number of hydrogen-bond acceptors (Lipinski definition) is 3.